The maximum absolute atomic E-state index is 14.0. The number of rotatable bonds is 4. The zero-order chi connectivity index (χ0) is 15.5. The Hall–Kier alpha value is -1.72. The Labute approximate surface area is 133 Å². The fourth-order valence-electron chi connectivity index (χ4n) is 2.78. The van der Waals surface area contributed by atoms with Crippen LogP contribution in [-0.2, 0) is 4.74 Å². The van der Waals surface area contributed by atoms with E-state index in [0.29, 0.717) is 23.4 Å². The smallest absolute Gasteiger partial charge is 0.137 e. The van der Waals surface area contributed by atoms with Gasteiger partial charge in [0.05, 0.1) is 17.4 Å². The monoisotopic (exact) mass is 321 g/mol. The highest BCUT2D eigenvalue weighted by Gasteiger charge is 2.24. The highest BCUT2D eigenvalue weighted by atomic mass is 35.5. The summed E-state index contributed by atoms with van der Waals surface area (Å²) in [5.74, 6) is -0.426. The molecule has 4 nitrogen and oxygen atoms in total. The molecule has 0 amide bonds. The highest BCUT2D eigenvalue weighted by molar-refractivity contribution is 6.29. The van der Waals surface area contributed by atoms with Gasteiger partial charge in [-0.05, 0) is 31.4 Å². The molecule has 1 fully saturated rings. The summed E-state index contributed by atoms with van der Waals surface area (Å²) < 4.78 is 19.3. The molecule has 2 aromatic heterocycles. The van der Waals surface area contributed by atoms with Crippen LogP contribution in [0.4, 0.5) is 10.1 Å². The van der Waals surface area contributed by atoms with E-state index in [2.05, 4.69) is 15.3 Å². The second-order valence-electron chi connectivity index (χ2n) is 5.43. The van der Waals surface area contributed by atoms with Gasteiger partial charge in [-0.2, -0.15) is 0 Å². The first kappa shape index (κ1) is 15.2. The van der Waals surface area contributed by atoms with Gasteiger partial charge in [0.25, 0.3) is 0 Å². The van der Waals surface area contributed by atoms with Crippen LogP contribution in [0.5, 0.6) is 0 Å². The van der Waals surface area contributed by atoms with Crippen molar-refractivity contribution in [3.8, 4) is 11.3 Å². The Balaban J connectivity index is 1.78. The molecule has 1 saturated carbocycles. The number of methoxy groups -OCH3 is 1. The number of pyridine rings is 2. The molecular weight excluding hydrogens is 305 g/mol. The zero-order valence-corrected chi connectivity index (χ0v) is 13.0. The van der Waals surface area contributed by atoms with Gasteiger partial charge in [0.15, 0.2) is 0 Å². The van der Waals surface area contributed by atoms with Gasteiger partial charge in [0.1, 0.15) is 11.0 Å². The lowest BCUT2D eigenvalue weighted by Gasteiger charge is -2.15. The van der Waals surface area contributed by atoms with E-state index in [9.17, 15) is 4.39 Å². The van der Waals surface area contributed by atoms with Crippen molar-refractivity contribution in [2.75, 3.05) is 12.4 Å². The van der Waals surface area contributed by atoms with E-state index in [-0.39, 0.29) is 5.15 Å². The zero-order valence-electron chi connectivity index (χ0n) is 12.2. The van der Waals surface area contributed by atoms with E-state index in [0.717, 1.165) is 24.9 Å². The highest BCUT2D eigenvalue weighted by Crippen LogP contribution is 2.27. The van der Waals surface area contributed by atoms with E-state index in [1.54, 1.807) is 13.3 Å². The summed E-state index contributed by atoms with van der Waals surface area (Å²) in [6.45, 7) is 0. The molecule has 3 rings (SSSR count). The van der Waals surface area contributed by atoms with E-state index < -0.39 is 5.82 Å². The standard InChI is InChI=1S/C16H17ClFN3O/c1-22-12-3-2-10(6-12)21-11-4-5-19-15(7-11)13-9-20-16(17)8-14(13)18/h4-5,7-10,12H,2-3,6H2,1H3,(H,19,21)/t10-,12-/m0/s1. The molecule has 2 aromatic rings. The fourth-order valence-corrected chi connectivity index (χ4v) is 2.93. The van der Waals surface area contributed by atoms with Crippen LogP contribution in [0.15, 0.2) is 30.6 Å². The number of halogens is 2. The number of ether oxygens (including phenoxy) is 1. The predicted molar refractivity (Wildman–Crippen MR) is 84.5 cm³/mol. The van der Waals surface area contributed by atoms with Gasteiger partial charge in [-0.15, -0.1) is 0 Å². The van der Waals surface area contributed by atoms with Crippen LogP contribution in [0, 0.1) is 5.82 Å². The molecule has 0 aliphatic heterocycles. The molecule has 0 saturated heterocycles. The number of hydrogen-bond acceptors (Lipinski definition) is 4. The molecule has 0 unspecified atom stereocenters. The first-order valence-corrected chi connectivity index (χ1v) is 7.60. The minimum Gasteiger partial charge on any atom is -0.382 e. The van der Waals surface area contributed by atoms with Crippen LogP contribution < -0.4 is 5.32 Å². The molecule has 1 aliphatic carbocycles. The van der Waals surface area contributed by atoms with Crippen LogP contribution in [-0.4, -0.2) is 29.2 Å². The summed E-state index contributed by atoms with van der Waals surface area (Å²) in [4.78, 5) is 8.14. The minimum absolute atomic E-state index is 0.132. The number of aromatic nitrogens is 2. The molecule has 0 bridgehead atoms. The Bertz CT molecular complexity index is 668. The first-order chi connectivity index (χ1) is 10.7. The Kier molecular flexibility index (Phi) is 4.55. The van der Waals surface area contributed by atoms with Crippen molar-refractivity contribution in [3.63, 3.8) is 0 Å². The predicted octanol–water partition coefficient (Wildman–Crippen LogP) is 3.92. The van der Waals surface area contributed by atoms with Gasteiger partial charge >= 0.3 is 0 Å². The van der Waals surface area contributed by atoms with Gasteiger partial charge in [-0.3, -0.25) is 4.98 Å². The molecule has 2 atom stereocenters. The van der Waals surface area contributed by atoms with Gasteiger partial charge in [-0.25, -0.2) is 9.37 Å². The van der Waals surface area contributed by atoms with Crippen LogP contribution in [0.2, 0.25) is 5.15 Å². The Morgan fingerprint density at radius 1 is 1.32 bits per heavy atom. The van der Waals surface area contributed by atoms with Crippen LogP contribution >= 0.6 is 11.6 Å². The summed E-state index contributed by atoms with van der Waals surface area (Å²) >= 11 is 5.68. The molecular formula is C16H17ClFN3O. The minimum atomic E-state index is -0.426. The third kappa shape index (κ3) is 3.36. The van der Waals surface area contributed by atoms with Crippen LogP contribution in [0.3, 0.4) is 0 Å². The lowest BCUT2D eigenvalue weighted by atomic mass is 10.1. The van der Waals surface area contributed by atoms with Crippen molar-refractivity contribution < 1.29 is 9.13 Å². The number of anilines is 1. The Morgan fingerprint density at radius 2 is 2.18 bits per heavy atom. The molecule has 1 N–H and O–H groups in total. The maximum Gasteiger partial charge on any atom is 0.137 e. The second-order valence-corrected chi connectivity index (χ2v) is 5.82. The van der Waals surface area contributed by atoms with Gasteiger partial charge in [-0.1, -0.05) is 11.6 Å². The van der Waals surface area contributed by atoms with Crippen molar-refractivity contribution in [1.29, 1.82) is 0 Å². The van der Waals surface area contributed by atoms with Crippen molar-refractivity contribution in [2.45, 2.75) is 31.4 Å². The van der Waals surface area contributed by atoms with Gasteiger partial charge < -0.3 is 10.1 Å². The molecule has 116 valence electrons. The molecule has 22 heavy (non-hydrogen) atoms. The molecule has 6 heteroatoms. The SMILES string of the molecule is CO[C@H]1CC[C@H](Nc2ccnc(-c3cnc(Cl)cc3F)c2)C1. The molecule has 0 aromatic carbocycles. The van der Waals surface area contributed by atoms with E-state index in [4.69, 9.17) is 16.3 Å². The average Bonchev–Trinajstić information content (AvgIpc) is 2.95. The lowest BCUT2D eigenvalue weighted by Crippen LogP contribution is -2.17. The largest absolute Gasteiger partial charge is 0.382 e. The van der Waals surface area contributed by atoms with Crippen LogP contribution in [0.25, 0.3) is 11.3 Å². The van der Waals surface area contributed by atoms with Crippen LogP contribution in [0.1, 0.15) is 19.3 Å². The maximum atomic E-state index is 14.0. The molecule has 0 spiro atoms. The summed E-state index contributed by atoms with van der Waals surface area (Å²) in [6.07, 6.45) is 6.48. The summed E-state index contributed by atoms with van der Waals surface area (Å²) in [5.41, 5.74) is 1.79. The third-order valence-electron chi connectivity index (χ3n) is 3.94. The molecule has 2 heterocycles. The number of hydrogen-bond donors (Lipinski definition) is 1. The lowest BCUT2D eigenvalue weighted by molar-refractivity contribution is 0.108. The molecule has 0 radical (unpaired) electrons. The quantitative estimate of drug-likeness (QED) is 0.867. The van der Waals surface area contributed by atoms with E-state index >= 15 is 0 Å². The Morgan fingerprint density at radius 3 is 2.91 bits per heavy atom. The van der Waals surface area contributed by atoms with Crippen molar-refractivity contribution in [3.05, 3.63) is 41.6 Å². The second kappa shape index (κ2) is 6.58. The normalized spacial score (nSPS) is 21.0. The topological polar surface area (TPSA) is 47.0 Å². The van der Waals surface area contributed by atoms with Crippen molar-refractivity contribution >= 4 is 17.3 Å². The van der Waals surface area contributed by atoms with Gasteiger partial charge in [0, 0.05) is 37.3 Å². The number of nitrogens with zero attached hydrogens (tertiary/aromatic N) is 2. The van der Waals surface area contributed by atoms with Crippen molar-refractivity contribution in [1.82, 2.24) is 9.97 Å². The third-order valence-corrected chi connectivity index (χ3v) is 4.15. The van der Waals surface area contributed by atoms with Gasteiger partial charge in [0.2, 0.25) is 0 Å². The summed E-state index contributed by atoms with van der Waals surface area (Å²) in [6, 6.07) is 5.27. The number of nitrogens with one attached hydrogen (secondary N) is 1. The van der Waals surface area contributed by atoms with E-state index in [1.165, 1.54) is 12.3 Å². The summed E-state index contributed by atoms with van der Waals surface area (Å²) in [5, 5.41) is 3.59. The summed E-state index contributed by atoms with van der Waals surface area (Å²) in [7, 11) is 1.74. The average molecular weight is 322 g/mol. The first-order valence-electron chi connectivity index (χ1n) is 7.22. The van der Waals surface area contributed by atoms with E-state index in [1.807, 2.05) is 12.1 Å². The molecule has 1 aliphatic rings. The fraction of sp³-hybridized carbons (Fsp3) is 0.375. The van der Waals surface area contributed by atoms with Crippen molar-refractivity contribution in [2.24, 2.45) is 0 Å².